The summed E-state index contributed by atoms with van der Waals surface area (Å²) < 4.78 is 27.9. The fourth-order valence-corrected chi connectivity index (χ4v) is 3.41. The summed E-state index contributed by atoms with van der Waals surface area (Å²) in [4.78, 5) is 4.88. The molecule has 6 heteroatoms. The van der Waals surface area contributed by atoms with Crippen molar-refractivity contribution in [3.05, 3.63) is 72.1 Å². The average molecular weight is 401 g/mol. The smallest absolute Gasteiger partial charge is 0.231 e. The van der Waals surface area contributed by atoms with E-state index < -0.39 is 0 Å². The van der Waals surface area contributed by atoms with E-state index in [9.17, 15) is 0 Å². The van der Waals surface area contributed by atoms with E-state index in [1.165, 1.54) is 0 Å². The zero-order valence-electron chi connectivity index (χ0n) is 16.5. The van der Waals surface area contributed by atoms with Gasteiger partial charge in [-0.1, -0.05) is 12.1 Å². The van der Waals surface area contributed by atoms with Crippen LogP contribution in [0.15, 0.2) is 76.1 Å². The molecule has 0 fully saturated rings. The van der Waals surface area contributed by atoms with E-state index in [-0.39, 0.29) is 6.79 Å². The average Bonchev–Trinajstić information content (AvgIpc) is 3.27. The molecule has 0 aliphatic carbocycles. The zero-order chi connectivity index (χ0) is 20.5. The maximum absolute atomic E-state index is 6.17. The molecular weight excluding hydrogens is 382 g/mol. The molecule has 150 valence electrons. The van der Waals surface area contributed by atoms with E-state index in [0.717, 1.165) is 27.6 Å². The van der Waals surface area contributed by atoms with Crippen molar-refractivity contribution >= 4 is 16.7 Å². The van der Waals surface area contributed by atoms with Gasteiger partial charge in [-0.3, -0.25) is 0 Å². The van der Waals surface area contributed by atoms with Crippen LogP contribution in [0.25, 0.3) is 22.3 Å². The number of nitrogens with zero attached hydrogens (tertiary/aromatic N) is 1. The Bertz CT molecular complexity index is 1310. The van der Waals surface area contributed by atoms with Crippen LogP contribution in [-0.4, -0.2) is 21.0 Å². The number of hydrogen-bond donors (Lipinski definition) is 0. The molecule has 1 aliphatic heterocycles. The standard InChI is InChI=1S/C24H19NO5/c1-26-16-8-9-18(23(12-16)27-2)25-19-13-22(30-20-6-4-3-5-17(19)20)15-7-10-21-24(11-15)29-14-28-21/h3-13H,14H2,1-2H3. The van der Waals surface area contributed by atoms with Crippen molar-refractivity contribution in [2.75, 3.05) is 21.0 Å². The van der Waals surface area contributed by atoms with Gasteiger partial charge in [0.1, 0.15) is 28.5 Å². The molecule has 0 radical (unpaired) electrons. The van der Waals surface area contributed by atoms with Gasteiger partial charge >= 0.3 is 0 Å². The summed E-state index contributed by atoms with van der Waals surface area (Å²) in [6, 6.07) is 21.0. The Labute approximate surface area is 172 Å². The second-order valence-electron chi connectivity index (χ2n) is 6.71. The maximum atomic E-state index is 6.17. The van der Waals surface area contributed by atoms with Crippen molar-refractivity contribution in [2.45, 2.75) is 0 Å². The maximum Gasteiger partial charge on any atom is 0.231 e. The summed E-state index contributed by atoms with van der Waals surface area (Å²) in [5.41, 5.74) is 2.31. The van der Waals surface area contributed by atoms with Crippen LogP contribution in [0.3, 0.4) is 0 Å². The van der Waals surface area contributed by atoms with Gasteiger partial charge in [0.2, 0.25) is 6.79 Å². The van der Waals surface area contributed by atoms with Crippen LogP contribution in [-0.2, 0) is 0 Å². The molecule has 3 aromatic carbocycles. The summed E-state index contributed by atoms with van der Waals surface area (Å²) in [6.07, 6.45) is 0. The molecule has 0 unspecified atom stereocenters. The highest BCUT2D eigenvalue weighted by Gasteiger charge is 2.15. The second-order valence-corrected chi connectivity index (χ2v) is 6.71. The summed E-state index contributed by atoms with van der Waals surface area (Å²) in [7, 11) is 3.24. The molecule has 4 aromatic rings. The van der Waals surface area contributed by atoms with Crippen LogP contribution in [0.1, 0.15) is 0 Å². The molecule has 5 rings (SSSR count). The SMILES string of the molecule is COc1ccc(N=c2cc(-c3ccc4c(c3)OCO4)oc3ccccc23)c(OC)c1. The quantitative estimate of drug-likeness (QED) is 0.477. The van der Waals surface area contributed by atoms with Gasteiger partial charge in [-0.2, -0.15) is 0 Å². The van der Waals surface area contributed by atoms with E-state index >= 15 is 0 Å². The first-order valence-electron chi connectivity index (χ1n) is 9.45. The number of benzene rings is 3. The van der Waals surface area contributed by atoms with Crippen LogP contribution < -0.4 is 24.3 Å². The summed E-state index contributed by atoms with van der Waals surface area (Å²) in [6.45, 7) is 0.228. The molecule has 0 saturated heterocycles. The monoisotopic (exact) mass is 401 g/mol. The Morgan fingerprint density at radius 1 is 0.833 bits per heavy atom. The van der Waals surface area contributed by atoms with Crippen LogP contribution in [0.5, 0.6) is 23.0 Å². The first-order chi connectivity index (χ1) is 14.7. The molecule has 0 amide bonds. The van der Waals surface area contributed by atoms with E-state index in [1.807, 2.05) is 66.7 Å². The third-order valence-electron chi connectivity index (χ3n) is 4.94. The summed E-state index contributed by atoms with van der Waals surface area (Å²) >= 11 is 0. The third-order valence-corrected chi connectivity index (χ3v) is 4.94. The van der Waals surface area contributed by atoms with Gasteiger partial charge in [-0.25, -0.2) is 4.99 Å². The molecule has 1 aliphatic rings. The van der Waals surface area contributed by atoms with E-state index in [4.69, 9.17) is 28.4 Å². The fraction of sp³-hybridized carbons (Fsp3) is 0.125. The van der Waals surface area contributed by atoms with E-state index in [1.54, 1.807) is 14.2 Å². The highest BCUT2D eigenvalue weighted by Crippen LogP contribution is 2.36. The lowest BCUT2D eigenvalue weighted by atomic mass is 10.1. The first-order valence-corrected chi connectivity index (χ1v) is 9.45. The fourth-order valence-electron chi connectivity index (χ4n) is 3.41. The predicted molar refractivity (Wildman–Crippen MR) is 113 cm³/mol. The number of para-hydroxylation sites is 1. The van der Waals surface area contributed by atoms with Gasteiger partial charge in [0.05, 0.1) is 19.6 Å². The highest BCUT2D eigenvalue weighted by molar-refractivity contribution is 5.79. The molecule has 6 nitrogen and oxygen atoms in total. The van der Waals surface area contributed by atoms with Crippen molar-refractivity contribution in [2.24, 2.45) is 4.99 Å². The van der Waals surface area contributed by atoms with Crippen LogP contribution in [0, 0.1) is 0 Å². The Morgan fingerprint density at radius 3 is 2.57 bits per heavy atom. The van der Waals surface area contributed by atoms with Gasteiger partial charge < -0.3 is 23.4 Å². The number of ether oxygens (including phenoxy) is 4. The van der Waals surface area contributed by atoms with Crippen molar-refractivity contribution < 1.29 is 23.4 Å². The minimum atomic E-state index is 0.228. The predicted octanol–water partition coefficient (Wildman–Crippen LogP) is 5.08. The van der Waals surface area contributed by atoms with Crippen molar-refractivity contribution in [3.8, 4) is 34.3 Å². The van der Waals surface area contributed by atoms with Crippen molar-refractivity contribution in [3.63, 3.8) is 0 Å². The number of hydrogen-bond acceptors (Lipinski definition) is 6. The largest absolute Gasteiger partial charge is 0.497 e. The molecule has 0 spiro atoms. The topological polar surface area (TPSA) is 62.4 Å². The lowest BCUT2D eigenvalue weighted by Crippen LogP contribution is -2.03. The van der Waals surface area contributed by atoms with Gasteiger partial charge in [0.15, 0.2) is 11.5 Å². The molecule has 2 heterocycles. The molecule has 0 bridgehead atoms. The zero-order valence-corrected chi connectivity index (χ0v) is 16.5. The molecule has 0 saturated carbocycles. The molecule has 0 atom stereocenters. The van der Waals surface area contributed by atoms with Crippen LogP contribution in [0.4, 0.5) is 5.69 Å². The molecular formula is C24H19NO5. The first kappa shape index (κ1) is 18.1. The van der Waals surface area contributed by atoms with Gasteiger partial charge in [0.25, 0.3) is 0 Å². The Balaban J connectivity index is 1.71. The third kappa shape index (κ3) is 3.22. The Kier molecular flexibility index (Phi) is 4.52. The Morgan fingerprint density at radius 2 is 1.70 bits per heavy atom. The van der Waals surface area contributed by atoms with Crippen LogP contribution >= 0.6 is 0 Å². The second kappa shape index (κ2) is 7.48. The number of rotatable bonds is 4. The highest BCUT2D eigenvalue weighted by atomic mass is 16.7. The molecule has 30 heavy (non-hydrogen) atoms. The summed E-state index contributed by atoms with van der Waals surface area (Å²) in [5, 5.41) is 1.67. The van der Waals surface area contributed by atoms with Gasteiger partial charge in [0, 0.05) is 23.1 Å². The minimum absolute atomic E-state index is 0.228. The number of methoxy groups -OCH3 is 2. The van der Waals surface area contributed by atoms with Crippen molar-refractivity contribution in [1.29, 1.82) is 0 Å². The van der Waals surface area contributed by atoms with E-state index in [0.29, 0.717) is 28.7 Å². The molecule has 1 aromatic heterocycles. The normalized spacial score (nSPS) is 12.9. The Hall–Kier alpha value is -3.93. The molecule has 0 N–H and O–H groups in total. The van der Waals surface area contributed by atoms with Gasteiger partial charge in [-0.05, 0) is 42.5 Å². The number of fused-ring (bicyclic) bond motifs is 2. The summed E-state index contributed by atoms with van der Waals surface area (Å²) in [5.74, 6) is 3.44. The lowest BCUT2D eigenvalue weighted by Gasteiger charge is -2.08. The lowest BCUT2D eigenvalue weighted by molar-refractivity contribution is 0.174. The van der Waals surface area contributed by atoms with Crippen LogP contribution in [0.2, 0.25) is 0 Å². The minimum Gasteiger partial charge on any atom is -0.497 e. The van der Waals surface area contributed by atoms with E-state index in [2.05, 4.69) is 0 Å². The van der Waals surface area contributed by atoms with Crippen molar-refractivity contribution in [1.82, 2.24) is 0 Å². The van der Waals surface area contributed by atoms with Gasteiger partial charge in [-0.15, -0.1) is 0 Å².